The molecule has 1 heterocycles. The Morgan fingerprint density at radius 3 is 2.67 bits per heavy atom. The van der Waals surface area contributed by atoms with Gasteiger partial charge in [0, 0.05) is 12.6 Å². The van der Waals surface area contributed by atoms with Crippen LogP contribution in [0.1, 0.15) is 24.7 Å². The summed E-state index contributed by atoms with van der Waals surface area (Å²) in [7, 11) is 0. The van der Waals surface area contributed by atoms with E-state index in [1.807, 2.05) is 6.92 Å². The predicted molar refractivity (Wildman–Crippen MR) is 81.1 cm³/mol. The summed E-state index contributed by atoms with van der Waals surface area (Å²) >= 11 is 0. The molecule has 1 N–H and O–H groups in total. The first-order chi connectivity index (χ1) is 10.2. The van der Waals surface area contributed by atoms with Gasteiger partial charge in [-0.3, -0.25) is 0 Å². The van der Waals surface area contributed by atoms with E-state index in [9.17, 15) is 4.39 Å². The van der Waals surface area contributed by atoms with Crippen LogP contribution in [0.5, 0.6) is 5.88 Å². The molecule has 0 aliphatic heterocycles. The first kappa shape index (κ1) is 15.2. The number of ether oxygens (including phenoxy) is 1. The largest absolute Gasteiger partial charge is 0.478 e. The van der Waals surface area contributed by atoms with E-state index in [0.717, 1.165) is 30.8 Å². The van der Waals surface area contributed by atoms with Crippen LogP contribution in [-0.4, -0.2) is 23.1 Å². The molecule has 0 saturated carbocycles. The van der Waals surface area contributed by atoms with Crippen molar-refractivity contribution in [1.29, 1.82) is 0 Å². The molecule has 0 spiro atoms. The average Bonchev–Trinajstić information content (AvgIpc) is 2.47. The van der Waals surface area contributed by atoms with E-state index in [1.54, 1.807) is 18.2 Å². The lowest BCUT2D eigenvalue weighted by Gasteiger charge is -2.09. The van der Waals surface area contributed by atoms with Gasteiger partial charge in [-0.1, -0.05) is 19.1 Å². The van der Waals surface area contributed by atoms with Crippen LogP contribution in [0.2, 0.25) is 0 Å². The first-order valence-electron chi connectivity index (χ1n) is 7.14. The van der Waals surface area contributed by atoms with Crippen molar-refractivity contribution < 1.29 is 9.13 Å². The molecule has 4 nitrogen and oxygen atoms in total. The highest BCUT2D eigenvalue weighted by atomic mass is 19.1. The molecular formula is C16H20FN3O. The molecule has 112 valence electrons. The van der Waals surface area contributed by atoms with Gasteiger partial charge in [0.1, 0.15) is 17.5 Å². The first-order valence-corrected chi connectivity index (χ1v) is 7.14. The van der Waals surface area contributed by atoms with Gasteiger partial charge in [0.2, 0.25) is 5.88 Å². The SMILES string of the molecule is CCCOc1cc(NCCc2ccc(F)cc2)nc(C)n1. The Hall–Kier alpha value is -2.17. The summed E-state index contributed by atoms with van der Waals surface area (Å²) < 4.78 is 18.3. The minimum absolute atomic E-state index is 0.212. The zero-order chi connectivity index (χ0) is 15.1. The molecule has 0 aliphatic carbocycles. The maximum atomic E-state index is 12.8. The number of aromatic nitrogens is 2. The van der Waals surface area contributed by atoms with Gasteiger partial charge in [-0.15, -0.1) is 0 Å². The van der Waals surface area contributed by atoms with Gasteiger partial charge in [0.15, 0.2) is 0 Å². The summed E-state index contributed by atoms with van der Waals surface area (Å²) in [6.45, 7) is 5.25. The smallest absolute Gasteiger partial charge is 0.218 e. The summed E-state index contributed by atoms with van der Waals surface area (Å²) in [6, 6.07) is 8.32. The third kappa shape index (κ3) is 5.02. The highest BCUT2D eigenvalue weighted by molar-refractivity contribution is 5.38. The van der Waals surface area contributed by atoms with Crippen LogP contribution in [-0.2, 0) is 6.42 Å². The van der Waals surface area contributed by atoms with Gasteiger partial charge < -0.3 is 10.1 Å². The van der Waals surface area contributed by atoms with Crippen molar-refractivity contribution in [2.45, 2.75) is 26.7 Å². The molecule has 0 atom stereocenters. The average molecular weight is 289 g/mol. The lowest BCUT2D eigenvalue weighted by molar-refractivity contribution is 0.304. The van der Waals surface area contributed by atoms with Crippen LogP contribution in [0, 0.1) is 12.7 Å². The summed E-state index contributed by atoms with van der Waals surface area (Å²) in [6.07, 6.45) is 1.74. The van der Waals surface area contributed by atoms with E-state index in [1.165, 1.54) is 12.1 Å². The Morgan fingerprint density at radius 1 is 1.19 bits per heavy atom. The monoisotopic (exact) mass is 289 g/mol. The molecule has 1 aromatic heterocycles. The molecular weight excluding hydrogens is 269 g/mol. The number of nitrogens with one attached hydrogen (secondary N) is 1. The number of hydrogen-bond acceptors (Lipinski definition) is 4. The predicted octanol–water partition coefficient (Wildman–Crippen LogP) is 3.37. The number of aryl methyl sites for hydroxylation is 1. The third-order valence-corrected chi connectivity index (χ3v) is 2.90. The second kappa shape index (κ2) is 7.57. The third-order valence-electron chi connectivity index (χ3n) is 2.90. The van der Waals surface area contributed by atoms with Gasteiger partial charge >= 0.3 is 0 Å². The van der Waals surface area contributed by atoms with E-state index in [0.29, 0.717) is 18.3 Å². The fraction of sp³-hybridized carbons (Fsp3) is 0.375. The van der Waals surface area contributed by atoms with Gasteiger partial charge in [0.05, 0.1) is 6.61 Å². The van der Waals surface area contributed by atoms with Crippen molar-refractivity contribution in [3.05, 3.63) is 47.5 Å². The Morgan fingerprint density at radius 2 is 1.95 bits per heavy atom. The number of hydrogen-bond donors (Lipinski definition) is 1. The molecule has 0 aliphatic rings. The van der Waals surface area contributed by atoms with Crippen molar-refractivity contribution in [3.8, 4) is 5.88 Å². The summed E-state index contributed by atoms with van der Waals surface area (Å²) in [5.74, 6) is 1.80. The van der Waals surface area contributed by atoms with Crippen LogP contribution >= 0.6 is 0 Å². The van der Waals surface area contributed by atoms with Crippen molar-refractivity contribution >= 4 is 5.82 Å². The molecule has 2 aromatic rings. The Labute approximate surface area is 124 Å². The Balaban J connectivity index is 1.90. The zero-order valence-corrected chi connectivity index (χ0v) is 12.4. The second-order valence-corrected chi connectivity index (χ2v) is 4.79. The molecule has 1 aromatic carbocycles. The van der Waals surface area contributed by atoms with Crippen LogP contribution in [0.3, 0.4) is 0 Å². The van der Waals surface area contributed by atoms with Gasteiger partial charge in [-0.05, 0) is 37.5 Å². The van der Waals surface area contributed by atoms with Gasteiger partial charge in [0.25, 0.3) is 0 Å². The maximum Gasteiger partial charge on any atom is 0.218 e. The molecule has 0 bridgehead atoms. The number of anilines is 1. The quantitative estimate of drug-likeness (QED) is 0.849. The topological polar surface area (TPSA) is 47.0 Å². The summed E-state index contributed by atoms with van der Waals surface area (Å²) in [4.78, 5) is 8.56. The lowest BCUT2D eigenvalue weighted by atomic mass is 10.1. The fourth-order valence-electron chi connectivity index (χ4n) is 1.90. The molecule has 0 fully saturated rings. The van der Waals surface area contributed by atoms with E-state index in [2.05, 4.69) is 22.2 Å². The fourth-order valence-corrected chi connectivity index (χ4v) is 1.90. The van der Waals surface area contributed by atoms with Crippen LogP contribution in [0.25, 0.3) is 0 Å². The van der Waals surface area contributed by atoms with Crippen molar-refractivity contribution in [2.24, 2.45) is 0 Å². The Bertz CT molecular complexity index is 572. The lowest BCUT2D eigenvalue weighted by Crippen LogP contribution is -2.08. The van der Waals surface area contributed by atoms with Gasteiger partial charge in [-0.25, -0.2) is 9.37 Å². The number of rotatable bonds is 7. The van der Waals surface area contributed by atoms with Crippen molar-refractivity contribution in [2.75, 3.05) is 18.5 Å². The highest BCUT2D eigenvalue weighted by Gasteiger charge is 2.02. The van der Waals surface area contributed by atoms with Crippen LogP contribution in [0.15, 0.2) is 30.3 Å². The van der Waals surface area contributed by atoms with E-state index < -0.39 is 0 Å². The van der Waals surface area contributed by atoms with E-state index >= 15 is 0 Å². The molecule has 2 rings (SSSR count). The van der Waals surface area contributed by atoms with Crippen molar-refractivity contribution in [1.82, 2.24) is 9.97 Å². The van der Waals surface area contributed by atoms with Gasteiger partial charge in [-0.2, -0.15) is 4.98 Å². The standard InChI is InChI=1S/C16H20FN3O/c1-3-10-21-16-11-15(19-12(2)20-16)18-9-8-13-4-6-14(17)7-5-13/h4-7,11H,3,8-10H2,1-2H3,(H,18,19,20). The summed E-state index contributed by atoms with van der Waals surface area (Å²) in [5, 5.41) is 3.24. The molecule has 0 amide bonds. The molecule has 5 heteroatoms. The normalized spacial score (nSPS) is 10.4. The van der Waals surface area contributed by atoms with E-state index in [-0.39, 0.29) is 5.82 Å². The Kier molecular flexibility index (Phi) is 5.49. The van der Waals surface area contributed by atoms with E-state index in [4.69, 9.17) is 4.74 Å². The van der Waals surface area contributed by atoms with Crippen molar-refractivity contribution in [3.63, 3.8) is 0 Å². The second-order valence-electron chi connectivity index (χ2n) is 4.79. The number of benzene rings is 1. The van der Waals surface area contributed by atoms with Crippen LogP contribution < -0.4 is 10.1 Å². The summed E-state index contributed by atoms with van der Waals surface area (Å²) in [5.41, 5.74) is 1.08. The minimum Gasteiger partial charge on any atom is -0.478 e. The maximum absolute atomic E-state index is 12.8. The number of nitrogens with zero attached hydrogens (tertiary/aromatic N) is 2. The molecule has 21 heavy (non-hydrogen) atoms. The zero-order valence-electron chi connectivity index (χ0n) is 12.4. The number of halogens is 1. The molecule has 0 saturated heterocycles. The highest BCUT2D eigenvalue weighted by Crippen LogP contribution is 2.13. The minimum atomic E-state index is -0.212. The van der Waals surface area contributed by atoms with Crippen LogP contribution in [0.4, 0.5) is 10.2 Å². The molecule has 0 unspecified atom stereocenters. The molecule has 0 radical (unpaired) electrons.